The van der Waals surface area contributed by atoms with Crippen molar-refractivity contribution in [2.75, 3.05) is 31.5 Å². The number of primary sulfonamides is 1. The standard InChI is InChI=1S/C18H21FN4O3S/c19-14-3-1-2-13(10-14)17-11-21-8-9-23(17)12-18(24)22-15-4-6-16(7-5-15)27(20,25)26/h1-7,10,17,21H,8-9,11-12H2,(H,22,24)(H2,20,25,26). The van der Waals surface area contributed by atoms with Gasteiger partial charge in [0.05, 0.1) is 11.4 Å². The van der Waals surface area contributed by atoms with Gasteiger partial charge in [-0.3, -0.25) is 9.69 Å². The molecule has 0 spiro atoms. The van der Waals surface area contributed by atoms with E-state index in [1.807, 2.05) is 11.0 Å². The third-order valence-corrected chi connectivity index (χ3v) is 5.33. The quantitative estimate of drug-likeness (QED) is 0.706. The topological polar surface area (TPSA) is 105 Å². The van der Waals surface area contributed by atoms with E-state index < -0.39 is 10.0 Å². The number of hydrogen-bond donors (Lipinski definition) is 3. The predicted molar refractivity (Wildman–Crippen MR) is 100 cm³/mol. The van der Waals surface area contributed by atoms with E-state index in [4.69, 9.17) is 5.14 Å². The zero-order valence-electron chi connectivity index (χ0n) is 14.6. The van der Waals surface area contributed by atoms with Crippen LogP contribution < -0.4 is 15.8 Å². The van der Waals surface area contributed by atoms with Crippen molar-refractivity contribution >= 4 is 21.6 Å². The molecule has 9 heteroatoms. The zero-order valence-corrected chi connectivity index (χ0v) is 15.4. The van der Waals surface area contributed by atoms with Gasteiger partial charge in [0.2, 0.25) is 15.9 Å². The second kappa shape index (κ2) is 8.13. The van der Waals surface area contributed by atoms with Crippen LogP contribution in [-0.4, -0.2) is 45.4 Å². The number of nitrogens with two attached hydrogens (primary N) is 1. The van der Waals surface area contributed by atoms with Crippen molar-refractivity contribution in [3.63, 3.8) is 0 Å². The second-order valence-corrected chi connectivity index (χ2v) is 7.92. The molecule has 144 valence electrons. The molecule has 1 fully saturated rings. The Morgan fingerprint density at radius 2 is 2.00 bits per heavy atom. The van der Waals surface area contributed by atoms with Crippen molar-refractivity contribution in [1.29, 1.82) is 0 Å². The van der Waals surface area contributed by atoms with Crippen molar-refractivity contribution in [1.82, 2.24) is 10.2 Å². The number of carbonyl (C=O) groups is 1. The molecule has 1 aliphatic rings. The third kappa shape index (κ3) is 5.10. The Morgan fingerprint density at radius 3 is 2.67 bits per heavy atom. The van der Waals surface area contributed by atoms with Gasteiger partial charge in [-0.2, -0.15) is 0 Å². The van der Waals surface area contributed by atoms with E-state index in [1.54, 1.807) is 6.07 Å². The van der Waals surface area contributed by atoms with Crippen molar-refractivity contribution in [2.24, 2.45) is 5.14 Å². The van der Waals surface area contributed by atoms with E-state index in [0.717, 1.165) is 12.1 Å². The lowest BCUT2D eigenvalue weighted by Crippen LogP contribution is -2.48. The average molecular weight is 392 g/mol. The monoisotopic (exact) mass is 392 g/mol. The maximum absolute atomic E-state index is 13.5. The largest absolute Gasteiger partial charge is 0.325 e. The van der Waals surface area contributed by atoms with Gasteiger partial charge in [-0.1, -0.05) is 12.1 Å². The van der Waals surface area contributed by atoms with Gasteiger partial charge < -0.3 is 10.6 Å². The Bertz CT molecular complexity index is 918. The lowest BCUT2D eigenvalue weighted by Gasteiger charge is -2.36. The van der Waals surface area contributed by atoms with Gasteiger partial charge in [0.25, 0.3) is 0 Å². The highest BCUT2D eigenvalue weighted by Crippen LogP contribution is 2.23. The minimum Gasteiger partial charge on any atom is -0.325 e. The number of benzene rings is 2. The van der Waals surface area contributed by atoms with Crippen LogP contribution in [0.3, 0.4) is 0 Å². The molecule has 4 N–H and O–H groups in total. The van der Waals surface area contributed by atoms with Crippen LogP contribution in [0.4, 0.5) is 10.1 Å². The molecule has 1 heterocycles. The Kier molecular flexibility index (Phi) is 5.85. The number of halogens is 1. The van der Waals surface area contributed by atoms with Crippen LogP contribution in [0.15, 0.2) is 53.4 Å². The van der Waals surface area contributed by atoms with Crippen LogP contribution in [0, 0.1) is 5.82 Å². The molecule has 1 amide bonds. The summed E-state index contributed by atoms with van der Waals surface area (Å²) < 4.78 is 36.1. The first kappa shape index (κ1) is 19.4. The molecule has 27 heavy (non-hydrogen) atoms. The van der Waals surface area contributed by atoms with Crippen LogP contribution in [-0.2, 0) is 14.8 Å². The fourth-order valence-electron chi connectivity index (χ4n) is 3.09. The average Bonchev–Trinajstić information content (AvgIpc) is 2.62. The fourth-order valence-corrected chi connectivity index (χ4v) is 3.61. The number of sulfonamides is 1. The van der Waals surface area contributed by atoms with Crippen LogP contribution in [0.25, 0.3) is 0 Å². The molecule has 3 rings (SSSR count). The summed E-state index contributed by atoms with van der Waals surface area (Å²) >= 11 is 0. The normalized spacial score (nSPS) is 18.2. The van der Waals surface area contributed by atoms with Crippen molar-refractivity contribution < 1.29 is 17.6 Å². The van der Waals surface area contributed by atoms with Crippen molar-refractivity contribution in [3.05, 3.63) is 59.9 Å². The summed E-state index contributed by atoms with van der Waals surface area (Å²) in [5.41, 5.74) is 1.29. The second-order valence-electron chi connectivity index (χ2n) is 6.36. The summed E-state index contributed by atoms with van der Waals surface area (Å²) in [7, 11) is -3.77. The minimum absolute atomic E-state index is 0.0197. The fraction of sp³-hybridized carbons (Fsp3) is 0.278. The molecule has 7 nitrogen and oxygen atoms in total. The van der Waals surface area contributed by atoms with E-state index in [2.05, 4.69) is 10.6 Å². The van der Waals surface area contributed by atoms with Gasteiger partial charge in [0, 0.05) is 31.4 Å². The molecule has 0 aromatic heterocycles. The van der Waals surface area contributed by atoms with Crippen LogP contribution >= 0.6 is 0 Å². The molecule has 1 saturated heterocycles. The van der Waals surface area contributed by atoms with E-state index in [-0.39, 0.29) is 29.2 Å². The molecule has 1 aliphatic heterocycles. The van der Waals surface area contributed by atoms with Gasteiger partial charge in [-0.05, 0) is 42.0 Å². The zero-order chi connectivity index (χ0) is 19.4. The Labute approximate surface area is 157 Å². The first-order valence-corrected chi connectivity index (χ1v) is 10.0. The number of hydrogen-bond acceptors (Lipinski definition) is 5. The molecule has 0 radical (unpaired) electrons. The van der Waals surface area contributed by atoms with Crippen LogP contribution in [0.5, 0.6) is 0 Å². The van der Waals surface area contributed by atoms with E-state index >= 15 is 0 Å². The smallest absolute Gasteiger partial charge is 0.238 e. The van der Waals surface area contributed by atoms with Gasteiger partial charge in [-0.25, -0.2) is 17.9 Å². The number of rotatable bonds is 5. The number of amides is 1. The number of nitrogens with one attached hydrogen (secondary N) is 2. The van der Waals surface area contributed by atoms with Crippen LogP contribution in [0.2, 0.25) is 0 Å². The molecule has 0 bridgehead atoms. The molecule has 0 saturated carbocycles. The van der Waals surface area contributed by atoms with E-state index in [0.29, 0.717) is 18.8 Å². The van der Waals surface area contributed by atoms with Gasteiger partial charge in [0.15, 0.2) is 0 Å². The Balaban J connectivity index is 1.66. The summed E-state index contributed by atoms with van der Waals surface area (Å²) in [6, 6.07) is 11.9. The first-order valence-electron chi connectivity index (χ1n) is 8.46. The van der Waals surface area contributed by atoms with E-state index in [9.17, 15) is 17.6 Å². The summed E-state index contributed by atoms with van der Waals surface area (Å²) in [6.45, 7) is 2.15. The predicted octanol–water partition coefficient (Wildman–Crippen LogP) is 1.06. The SMILES string of the molecule is NS(=O)(=O)c1ccc(NC(=O)CN2CCNCC2c2cccc(F)c2)cc1. The number of piperazine rings is 1. The number of nitrogens with zero attached hydrogens (tertiary/aromatic N) is 1. The molecule has 2 aromatic carbocycles. The maximum Gasteiger partial charge on any atom is 0.238 e. The third-order valence-electron chi connectivity index (χ3n) is 4.40. The Hall–Kier alpha value is -2.33. The summed E-state index contributed by atoms with van der Waals surface area (Å²) in [4.78, 5) is 14.4. The van der Waals surface area contributed by atoms with Crippen LogP contribution in [0.1, 0.15) is 11.6 Å². The lowest BCUT2D eigenvalue weighted by molar-refractivity contribution is -0.118. The van der Waals surface area contributed by atoms with Gasteiger partial charge in [-0.15, -0.1) is 0 Å². The first-order chi connectivity index (χ1) is 12.8. The highest BCUT2D eigenvalue weighted by molar-refractivity contribution is 7.89. The molecule has 1 atom stereocenters. The van der Waals surface area contributed by atoms with Gasteiger partial charge >= 0.3 is 0 Å². The molecule has 2 aromatic rings. The number of carbonyl (C=O) groups excluding carboxylic acids is 1. The number of anilines is 1. The summed E-state index contributed by atoms with van der Waals surface area (Å²) in [6.07, 6.45) is 0. The molecular weight excluding hydrogens is 371 g/mol. The molecule has 1 unspecified atom stereocenters. The maximum atomic E-state index is 13.5. The highest BCUT2D eigenvalue weighted by Gasteiger charge is 2.25. The summed E-state index contributed by atoms with van der Waals surface area (Å²) in [5.74, 6) is -0.543. The van der Waals surface area contributed by atoms with Crippen molar-refractivity contribution in [2.45, 2.75) is 10.9 Å². The lowest BCUT2D eigenvalue weighted by atomic mass is 10.0. The Morgan fingerprint density at radius 1 is 1.26 bits per heavy atom. The minimum atomic E-state index is -3.77. The van der Waals surface area contributed by atoms with Crippen molar-refractivity contribution in [3.8, 4) is 0 Å². The molecule has 0 aliphatic carbocycles. The summed E-state index contributed by atoms with van der Waals surface area (Å²) in [5, 5.41) is 11.1. The van der Waals surface area contributed by atoms with Gasteiger partial charge in [0.1, 0.15) is 5.82 Å². The van der Waals surface area contributed by atoms with E-state index in [1.165, 1.54) is 36.4 Å². The highest BCUT2D eigenvalue weighted by atomic mass is 32.2. The molecular formula is C18H21FN4O3S.